The summed E-state index contributed by atoms with van der Waals surface area (Å²) in [6, 6.07) is 26.8. The molecule has 4 nitrogen and oxygen atoms in total. The van der Waals surface area contributed by atoms with E-state index >= 15 is 0 Å². The Balaban J connectivity index is 1.95. The van der Waals surface area contributed by atoms with Crippen molar-refractivity contribution in [2.24, 2.45) is 5.41 Å². The molecular formula is C32H39NO3. The quantitative estimate of drug-likeness (QED) is 0.228. The van der Waals surface area contributed by atoms with Gasteiger partial charge in [0.15, 0.2) is 0 Å². The van der Waals surface area contributed by atoms with Crippen molar-refractivity contribution in [1.82, 2.24) is 4.90 Å². The lowest BCUT2D eigenvalue weighted by Crippen LogP contribution is -2.25. The SMILES string of the molecule is CC/C(Cc1ccccc1)=C(\c1ccc(OCCN(C)C)cc1)c1ccc(OC(=O)C(C)(C)C)cc1. The summed E-state index contributed by atoms with van der Waals surface area (Å²) in [6.07, 6.45) is 1.79. The molecule has 0 heterocycles. The molecule has 36 heavy (non-hydrogen) atoms. The van der Waals surface area contributed by atoms with Crippen molar-refractivity contribution in [2.45, 2.75) is 40.5 Å². The van der Waals surface area contributed by atoms with Gasteiger partial charge in [-0.15, -0.1) is 0 Å². The van der Waals surface area contributed by atoms with Gasteiger partial charge in [-0.05, 0) is 94.2 Å². The van der Waals surface area contributed by atoms with Crippen molar-refractivity contribution in [3.8, 4) is 11.5 Å². The molecule has 3 rings (SSSR count). The zero-order valence-corrected chi connectivity index (χ0v) is 22.5. The highest BCUT2D eigenvalue weighted by molar-refractivity contribution is 5.83. The summed E-state index contributed by atoms with van der Waals surface area (Å²) in [5.74, 6) is 1.18. The average molecular weight is 486 g/mol. The predicted molar refractivity (Wildman–Crippen MR) is 148 cm³/mol. The summed E-state index contributed by atoms with van der Waals surface area (Å²) in [4.78, 5) is 14.4. The number of carbonyl (C=O) groups is 1. The van der Waals surface area contributed by atoms with Crippen LogP contribution in [0.1, 0.15) is 50.8 Å². The second-order valence-electron chi connectivity index (χ2n) is 10.3. The van der Waals surface area contributed by atoms with Crippen LogP contribution in [-0.4, -0.2) is 38.1 Å². The number of rotatable bonds is 10. The first-order chi connectivity index (χ1) is 17.2. The Morgan fingerprint density at radius 2 is 1.36 bits per heavy atom. The maximum Gasteiger partial charge on any atom is 0.316 e. The number of hydrogen-bond acceptors (Lipinski definition) is 4. The number of ether oxygens (including phenoxy) is 2. The molecule has 0 unspecified atom stereocenters. The van der Waals surface area contributed by atoms with Crippen molar-refractivity contribution in [1.29, 1.82) is 0 Å². The van der Waals surface area contributed by atoms with Crippen LogP contribution in [0, 0.1) is 5.41 Å². The van der Waals surface area contributed by atoms with E-state index in [1.54, 1.807) is 0 Å². The second-order valence-corrected chi connectivity index (χ2v) is 10.3. The Hall–Kier alpha value is -3.37. The highest BCUT2D eigenvalue weighted by atomic mass is 16.5. The third kappa shape index (κ3) is 7.82. The van der Waals surface area contributed by atoms with E-state index in [2.05, 4.69) is 48.2 Å². The standard InChI is InChI=1S/C32H39NO3/c1-7-25(23-24-11-9-8-10-12-24)30(26-13-17-28(18-14-26)35-22-21-33(5)6)27-15-19-29(20-16-27)36-31(34)32(2,3)4/h8-20H,7,21-23H2,1-6H3/b30-25-. The summed E-state index contributed by atoms with van der Waals surface area (Å²) in [5.41, 5.74) is 5.52. The van der Waals surface area contributed by atoms with E-state index in [0.717, 1.165) is 36.3 Å². The predicted octanol–water partition coefficient (Wildman–Crippen LogP) is 7.03. The third-order valence-corrected chi connectivity index (χ3v) is 5.96. The van der Waals surface area contributed by atoms with Crippen LogP contribution in [0.3, 0.4) is 0 Å². The maximum absolute atomic E-state index is 12.3. The van der Waals surface area contributed by atoms with E-state index < -0.39 is 5.41 Å². The summed E-state index contributed by atoms with van der Waals surface area (Å²) in [6.45, 7) is 9.30. The van der Waals surface area contributed by atoms with Crippen LogP contribution in [0.25, 0.3) is 5.57 Å². The first-order valence-electron chi connectivity index (χ1n) is 12.6. The molecule has 0 amide bonds. The van der Waals surface area contributed by atoms with E-state index in [0.29, 0.717) is 12.4 Å². The fourth-order valence-corrected chi connectivity index (χ4v) is 3.82. The summed E-state index contributed by atoms with van der Waals surface area (Å²) in [7, 11) is 4.08. The molecule has 0 aliphatic carbocycles. The van der Waals surface area contributed by atoms with Crippen LogP contribution in [0.5, 0.6) is 11.5 Å². The number of likely N-dealkylation sites (N-methyl/N-ethyl adjacent to an activating group) is 1. The van der Waals surface area contributed by atoms with Crippen molar-refractivity contribution in [2.75, 3.05) is 27.2 Å². The molecule has 0 aliphatic heterocycles. The molecule has 0 saturated carbocycles. The normalized spacial score (nSPS) is 12.3. The maximum atomic E-state index is 12.3. The Bertz CT molecular complexity index is 1140. The lowest BCUT2D eigenvalue weighted by atomic mass is 9.88. The number of hydrogen-bond donors (Lipinski definition) is 0. The average Bonchev–Trinajstić information content (AvgIpc) is 2.85. The largest absolute Gasteiger partial charge is 0.492 e. The first kappa shape index (κ1) is 27.2. The van der Waals surface area contributed by atoms with Gasteiger partial charge in [0, 0.05) is 6.54 Å². The van der Waals surface area contributed by atoms with E-state index in [9.17, 15) is 4.79 Å². The van der Waals surface area contributed by atoms with Crippen LogP contribution in [0.15, 0.2) is 84.4 Å². The molecule has 0 aliphatic rings. The molecule has 0 saturated heterocycles. The molecule has 0 atom stereocenters. The lowest BCUT2D eigenvalue weighted by molar-refractivity contribution is -0.142. The number of allylic oxidation sites excluding steroid dienone is 1. The Labute approximate surface area is 216 Å². The molecule has 4 heteroatoms. The monoisotopic (exact) mass is 485 g/mol. The molecule has 0 spiro atoms. The fraction of sp³-hybridized carbons (Fsp3) is 0.344. The van der Waals surface area contributed by atoms with Gasteiger partial charge in [0.25, 0.3) is 0 Å². The van der Waals surface area contributed by atoms with E-state index in [1.807, 2.05) is 77.3 Å². The van der Waals surface area contributed by atoms with Gasteiger partial charge in [-0.25, -0.2) is 0 Å². The highest BCUT2D eigenvalue weighted by Gasteiger charge is 2.23. The minimum atomic E-state index is -0.550. The Kier molecular flexibility index (Phi) is 9.49. The van der Waals surface area contributed by atoms with E-state index in [1.165, 1.54) is 16.7 Å². The van der Waals surface area contributed by atoms with Crippen LogP contribution in [-0.2, 0) is 11.2 Å². The van der Waals surface area contributed by atoms with Crippen molar-refractivity contribution < 1.29 is 14.3 Å². The van der Waals surface area contributed by atoms with E-state index in [4.69, 9.17) is 9.47 Å². The molecule has 0 bridgehead atoms. The summed E-state index contributed by atoms with van der Waals surface area (Å²) >= 11 is 0. The number of esters is 1. The van der Waals surface area contributed by atoms with Gasteiger partial charge in [-0.1, -0.05) is 67.1 Å². The van der Waals surface area contributed by atoms with Gasteiger partial charge < -0.3 is 14.4 Å². The molecule has 0 fully saturated rings. The minimum absolute atomic E-state index is 0.241. The molecule has 3 aromatic rings. The Morgan fingerprint density at radius 3 is 1.86 bits per heavy atom. The van der Waals surface area contributed by atoms with Crippen LogP contribution >= 0.6 is 0 Å². The highest BCUT2D eigenvalue weighted by Crippen LogP contribution is 2.33. The second kappa shape index (κ2) is 12.5. The van der Waals surface area contributed by atoms with Gasteiger partial charge in [-0.3, -0.25) is 4.79 Å². The zero-order valence-electron chi connectivity index (χ0n) is 22.5. The lowest BCUT2D eigenvalue weighted by Gasteiger charge is -2.18. The number of carbonyl (C=O) groups excluding carboxylic acids is 1. The van der Waals surface area contributed by atoms with Crippen LogP contribution in [0.4, 0.5) is 0 Å². The van der Waals surface area contributed by atoms with Gasteiger partial charge in [0.1, 0.15) is 18.1 Å². The molecule has 190 valence electrons. The molecule has 3 aromatic carbocycles. The first-order valence-corrected chi connectivity index (χ1v) is 12.6. The zero-order chi connectivity index (χ0) is 26.1. The fourth-order valence-electron chi connectivity index (χ4n) is 3.82. The van der Waals surface area contributed by atoms with Gasteiger partial charge in [0.05, 0.1) is 5.41 Å². The Morgan fingerprint density at radius 1 is 0.806 bits per heavy atom. The van der Waals surface area contributed by atoms with Crippen LogP contribution < -0.4 is 9.47 Å². The van der Waals surface area contributed by atoms with Crippen molar-refractivity contribution >= 4 is 11.5 Å². The molecular weight excluding hydrogens is 446 g/mol. The van der Waals surface area contributed by atoms with Crippen LogP contribution in [0.2, 0.25) is 0 Å². The third-order valence-electron chi connectivity index (χ3n) is 5.96. The van der Waals surface area contributed by atoms with Crippen molar-refractivity contribution in [3.63, 3.8) is 0 Å². The van der Waals surface area contributed by atoms with Gasteiger partial charge >= 0.3 is 5.97 Å². The smallest absolute Gasteiger partial charge is 0.316 e. The molecule has 0 N–H and O–H groups in total. The van der Waals surface area contributed by atoms with Gasteiger partial charge in [0.2, 0.25) is 0 Å². The summed E-state index contributed by atoms with van der Waals surface area (Å²) < 4.78 is 11.5. The number of benzene rings is 3. The van der Waals surface area contributed by atoms with Crippen molar-refractivity contribution in [3.05, 3.63) is 101 Å². The number of nitrogens with zero attached hydrogens (tertiary/aromatic N) is 1. The topological polar surface area (TPSA) is 38.8 Å². The summed E-state index contributed by atoms with van der Waals surface area (Å²) in [5, 5.41) is 0. The molecule has 0 aromatic heterocycles. The minimum Gasteiger partial charge on any atom is -0.492 e. The van der Waals surface area contributed by atoms with Gasteiger partial charge in [-0.2, -0.15) is 0 Å². The van der Waals surface area contributed by atoms with E-state index in [-0.39, 0.29) is 5.97 Å². The molecule has 0 radical (unpaired) electrons.